The van der Waals surface area contributed by atoms with Gasteiger partial charge in [-0.2, -0.15) is 10.2 Å². The lowest BCUT2D eigenvalue weighted by Gasteiger charge is -2.13. The largest absolute Gasteiger partial charge is 0.462 e. The molecule has 0 aromatic carbocycles. The van der Waals surface area contributed by atoms with Gasteiger partial charge in [0.15, 0.2) is 0 Å². The highest BCUT2D eigenvalue weighted by Gasteiger charge is 2.22. The van der Waals surface area contributed by atoms with E-state index in [1.165, 1.54) is 15.6 Å². The standard InChI is InChI=1S/C13H16BrN5O3/c1-4-22-13(21)10-6-15-18(3)11(10)17-12(20)8(2)19-7-9(14)5-16-19/h5-8H,4H2,1-3H3,(H,17,20). The SMILES string of the molecule is CCOC(=O)c1cnn(C)c1NC(=O)C(C)n1cc(Br)cn1. The zero-order chi connectivity index (χ0) is 16.3. The van der Waals surface area contributed by atoms with Crippen LogP contribution in [-0.2, 0) is 16.6 Å². The van der Waals surface area contributed by atoms with Gasteiger partial charge >= 0.3 is 5.97 Å². The number of esters is 1. The summed E-state index contributed by atoms with van der Waals surface area (Å²) in [5.41, 5.74) is 0.214. The van der Waals surface area contributed by atoms with Gasteiger partial charge < -0.3 is 10.1 Å². The molecule has 1 atom stereocenters. The van der Waals surface area contributed by atoms with E-state index in [1.54, 1.807) is 33.3 Å². The summed E-state index contributed by atoms with van der Waals surface area (Å²) >= 11 is 3.28. The molecule has 0 fully saturated rings. The highest BCUT2D eigenvalue weighted by Crippen LogP contribution is 2.18. The number of aromatic nitrogens is 4. The van der Waals surface area contributed by atoms with Gasteiger partial charge in [-0.25, -0.2) is 4.79 Å². The number of carbonyl (C=O) groups is 2. The van der Waals surface area contributed by atoms with Crippen LogP contribution in [0.5, 0.6) is 0 Å². The minimum Gasteiger partial charge on any atom is -0.462 e. The summed E-state index contributed by atoms with van der Waals surface area (Å²) in [6.07, 6.45) is 4.65. The molecule has 1 N–H and O–H groups in total. The number of amides is 1. The predicted molar refractivity (Wildman–Crippen MR) is 82.4 cm³/mol. The topological polar surface area (TPSA) is 91.0 Å². The number of hydrogen-bond donors (Lipinski definition) is 1. The molecule has 0 saturated carbocycles. The van der Waals surface area contributed by atoms with Gasteiger partial charge in [0.05, 0.1) is 23.5 Å². The van der Waals surface area contributed by atoms with Crippen molar-refractivity contribution in [3.8, 4) is 0 Å². The summed E-state index contributed by atoms with van der Waals surface area (Å²) in [7, 11) is 1.63. The minimum atomic E-state index is -0.545. The normalized spacial score (nSPS) is 12.0. The first-order valence-electron chi connectivity index (χ1n) is 6.63. The lowest BCUT2D eigenvalue weighted by molar-refractivity contribution is -0.119. The molecular formula is C13H16BrN5O3. The molecule has 9 heteroatoms. The Bertz CT molecular complexity index is 694. The Morgan fingerprint density at radius 2 is 2.14 bits per heavy atom. The molecular weight excluding hydrogens is 354 g/mol. The van der Waals surface area contributed by atoms with Crippen LogP contribution >= 0.6 is 15.9 Å². The number of rotatable bonds is 5. The number of aryl methyl sites for hydroxylation is 1. The van der Waals surface area contributed by atoms with Crippen LogP contribution in [0.1, 0.15) is 30.2 Å². The zero-order valence-electron chi connectivity index (χ0n) is 12.4. The van der Waals surface area contributed by atoms with Crippen LogP contribution in [0.3, 0.4) is 0 Å². The molecule has 0 bridgehead atoms. The van der Waals surface area contributed by atoms with Crippen molar-refractivity contribution >= 4 is 33.6 Å². The monoisotopic (exact) mass is 369 g/mol. The average Bonchev–Trinajstić information content (AvgIpc) is 3.05. The molecule has 1 unspecified atom stereocenters. The highest BCUT2D eigenvalue weighted by molar-refractivity contribution is 9.10. The van der Waals surface area contributed by atoms with Crippen LogP contribution in [-0.4, -0.2) is 38.0 Å². The Labute approximate surface area is 135 Å². The zero-order valence-corrected chi connectivity index (χ0v) is 14.0. The van der Waals surface area contributed by atoms with Crippen molar-refractivity contribution in [1.29, 1.82) is 0 Å². The van der Waals surface area contributed by atoms with E-state index in [4.69, 9.17) is 4.74 Å². The van der Waals surface area contributed by atoms with Gasteiger partial charge in [0, 0.05) is 13.2 Å². The van der Waals surface area contributed by atoms with Crippen molar-refractivity contribution in [2.24, 2.45) is 7.05 Å². The Balaban J connectivity index is 2.18. The molecule has 0 radical (unpaired) electrons. The highest BCUT2D eigenvalue weighted by atomic mass is 79.9. The van der Waals surface area contributed by atoms with Crippen molar-refractivity contribution in [2.75, 3.05) is 11.9 Å². The molecule has 0 saturated heterocycles. The van der Waals surface area contributed by atoms with E-state index in [0.29, 0.717) is 5.82 Å². The Hall–Kier alpha value is -2.16. The van der Waals surface area contributed by atoms with Crippen molar-refractivity contribution in [1.82, 2.24) is 19.6 Å². The molecule has 0 aliphatic heterocycles. The first kappa shape index (κ1) is 16.2. The van der Waals surface area contributed by atoms with Crippen molar-refractivity contribution in [3.05, 3.63) is 28.6 Å². The van der Waals surface area contributed by atoms with Gasteiger partial charge in [-0.3, -0.25) is 14.2 Å². The fraction of sp³-hybridized carbons (Fsp3) is 0.385. The van der Waals surface area contributed by atoms with E-state index in [2.05, 4.69) is 31.4 Å². The number of carbonyl (C=O) groups excluding carboxylic acids is 2. The summed E-state index contributed by atoms with van der Waals surface area (Å²) < 4.78 is 8.65. The third kappa shape index (κ3) is 3.35. The quantitative estimate of drug-likeness (QED) is 0.810. The molecule has 1 amide bonds. The molecule has 0 spiro atoms. The Kier molecular flexibility index (Phi) is 4.96. The number of nitrogens with zero attached hydrogens (tertiary/aromatic N) is 4. The van der Waals surface area contributed by atoms with Gasteiger partial charge in [-0.05, 0) is 29.8 Å². The van der Waals surface area contributed by atoms with Crippen LogP contribution in [0, 0.1) is 0 Å². The van der Waals surface area contributed by atoms with Gasteiger partial charge in [0.25, 0.3) is 0 Å². The van der Waals surface area contributed by atoms with Crippen LogP contribution in [0.4, 0.5) is 5.82 Å². The summed E-state index contributed by atoms with van der Waals surface area (Å²) in [5.74, 6) is -0.549. The van der Waals surface area contributed by atoms with Gasteiger partial charge in [0.2, 0.25) is 5.91 Å². The number of nitrogens with one attached hydrogen (secondary N) is 1. The maximum absolute atomic E-state index is 12.3. The second kappa shape index (κ2) is 6.73. The summed E-state index contributed by atoms with van der Waals surface area (Å²) in [4.78, 5) is 24.2. The molecule has 2 aromatic rings. The van der Waals surface area contributed by atoms with Crippen molar-refractivity contribution in [3.63, 3.8) is 0 Å². The maximum atomic E-state index is 12.3. The van der Waals surface area contributed by atoms with Crippen LogP contribution in [0.2, 0.25) is 0 Å². The fourth-order valence-electron chi connectivity index (χ4n) is 1.81. The second-order valence-corrected chi connectivity index (χ2v) is 5.47. The van der Waals surface area contributed by atoms with Crippen LogP contribution in [0.15, 0.2) is 23.1 Å². The van der Waals surface area contributed by atoms with Gasteiger partial charge in [-0.15, -0.1) is 0 Å². The van der Waals surface area contributed by atoms with Crippen molar-refractivity contribution in [2.45, 2.75) is 19.9 Å². The van der Waals surface area contributed by atoms with E-state index in [9.17, 15) is 9.59 Å². The molecule has 2 heterocycles. The van der Waals surface area contributed by atoms with Gasteiger partial charge in [0.1, 0.15) is 17.4 Å². The second-order valence-electron chi connectivity index (χ2n) is 4.55. The van der Waals surface area contributed by atoms with E-state index < -0.39 is 12.0 Å². The summed E-state index contributed by atoms with van der Waals surface area (Å²) in [6.45, 7) is 3.66. The lowest BCUT2D eigenvalue weighted by atomic mass is 10.3. The molecule has 118 valence electrons. The summed E-state index contributed by atoms with van der Waals surface area (Å²) in [5, 5.41) is 10.7. The van der Waals surface area contributed by atoms with Crippen LogP contribution < -0.4 is 5.32 Å². The number of halogens is 1. The van der Waals surface area contributed by atoms with Crippen molar-refractivity contribution < 1.29 is 14.3 Å². The van der Waals surface area contributed by atoms with Crippen LogP contribution in [0.25, 0.3) is 0 Å². The third-order valence-corrected chi connectivity index (χ3v) is 3.43. The lowest BCUT2D eigenvalue weighted by Crippen LogP contribution is -2.26. The first-order valence-corrected chi connectivity index (χ1v) is 7.43. The smallest absolute Gasteiger partial charge is 0.343 e. The molecule has 22 heavy (non-hydrogen) atoms. The van der Waals surface area contributed by atoms with E-state index >= 15 is 0 Å². The first-order chi connectivity index (χ1) is 10.4. The number of anilines is 1. The van der Waals surface area contributed by atoms with Gasteiger partial charge in [-0.1, -0.05) is 0 Å². The Morgan fingerprint density at radius 3 is 2.73 bits per heavy atom. The molecule has 0 aliphatic rings. The Morgan fingerprint density at radius 1 is 1.41 bits per heavy atom. The molecule has 2 rings (SSSR count). The van der Waals surface area contributed by atoms with E-state index in [1.807, 2.05) is 0 Å². The molecule has 2 aromatic heterocycles. The average molecular weight is 370 g/mol. The maximum Gasteiger partial charge on any atom is 0.343 e. The minimum absolute atomic E-state index is 0.214. The summed E-state index contributed by atoms with van der Waals surface area (Å²) in [6, 6.07) is -0.545. The predicted octanol–water partition coefficient (Wildman–Crippen LogP) is 1.76. The number of ether oxygens (including phenoxy) is 1. The molecule has 8 nitrogen and oxygen atoms in total. The molecule has 0 aliphatic carbocycles. The van der Waals surface area contributed by atoms with E-state index in [-0.39, 0.29) is 18.1 Å². The van der Waals surface area contributed by atoms with E-state index in [0.717, 1.165) is 4.47 Å². The number of hydrogen-bond acceptors (Lipinski definition) is 5. The fourth-order valence-corrected chi connectivity index (χ4v) is 2.11. The third-order valence-electron chi connectivity index (χ3n) is 3.02.